The van der Waals surface area contributed by atoms with Crippen molar-refractivity contribution in [2.45, 2.75) is 40.0 Å². The monoisotopic (exact) mass is 271 g/mol. The SMILES string of the molecule is CCCC(C)(CNCC)Cc1ccc(F)cc1Cl. The van der Waals surface area contributed by atoms with Crippen molar-refractivity contribution in [3.63, 3.8) is 0 Å². The lowest BCUT2D eigenvalue weighted by atomic mass is 9.79. The summed E-state index contributed by atoms with van der Waals surface area (Å²) in [4.78, 5) is 0. The first kappa shape index (κ1) is 15.5. The van der Waals surface area contributed by atoms with Gasteiger partial charge in [-0.1, -0.05) is 44.9 Å². The number of nitrogens with one attached hydrogen (secondary N) is 1. The molecule has 0 aliphatic heterocycles. The van der Waals surface area contributed by atoms with Crippen LogP contribution in [0.4, 0.5) is 4.39 Å². The smallest absolute Gasteiger partial charge is 0.124 e. The summed E-state index contributed by atoms with van der Waals surface area (Å²) in [7, 11) is 0. The van der Waals surface area contributed by atoms with Gasteiger partial charge in [0.2, 0.25) is 0 Å². The van der Waals surface area contributed by atoms with Gasteiger partial charge in [-0.05, 0) is 42.5 Å². The Morgan fingerprint density at radius 3 is 2.61 bits per heavy atom. The lowest BCUT2D eigenvalue weighted by Crippen LogP contribution is -2.33. The molecule has 0 aromatic heterocycles. The fourth-order valence-electron chi connectivity index (χ4n) is 2.39. The van der Waals surface area contributed by atoms with Gasteiger partial charge >= 0.3 is 0 Å². The molecule has 0 fully saturated rings. The number of hydrogen-bond donors (Lipinski definition) is 1. The van der Waals surface area contributed by atoms with Crippen molar-refractivity contribution in [2.75, 3.05) is 13.1 Å². The number of benzene rings is 1. The molecule has 0 amide bonds. The van der Waals surface area contributed by atoms with Gasteiger partial charge in [-0.3, -0.25) is 0 Å². The fraction of sp³-hybridized carbons (Fsp3) is 0.600. The molecule has 0 bridgehead atoms. The summed E-state index contributed by atoms with van der Waals surface area (Å²) in [6, 6.07) is 4.69. The standard InChI is InChI=1S/C15H23ClFN/c1-4-8-15(3,11-18-5-2)10-12-6-7-13(17)9-14(12)16/h6-7,9,18H,4-5,8,10-11H2,1-3H3. The zero-order valence-corrected chi connectivity index (χ0v) is 12.3. The molecule has 0 spiro atoms. The van der Waals surface area contributed by atoms with Crippen molar-refractivity contribution >= 4 is 11.6 Å². The minimum atomic E-state index is -0.271. The van der Waals surface area contributed by atoms with Gasteiger partial charge in [-0.2, -0.15) is 0 Å². The van der Waals surface area contributed by atoms with Crippen LogP contribution in [0.25, 0.3) is 0 Å². The Balaban J connectivity index is 2.81. The second-order valence-electron chi connectivity index (χ2n) is 5.25. The van der Waals surface area contributed by atoms with E-state index in [9.17, 15) is 4.39 Å². The van der Waals surface area contributed by atoms with Gasteiger partial charge in [0.1, 0.15) is 5.82 Å². The minimum absolute atomic E-state index is 0.173. The summed E-state index contributed by atoms with van der Waals surface area (Å²) in [6.07, 6.45) is 3.15. The summed E-state index contributed by atoms with van der Waals surface area (Å²) >= 11 is 6.11. The average Bonchev–Trinajstić information content (AvgIpc) is 2.31. The van der Waals surface area contributed by atoms with Crippen LogP contribution < -0.4 is 5.32 Å². The quantitative estimate of drug-likeness (QED) is 0.773. The van der Waals surface area contributed by atoms with Crippen molar-refractivity contribution in [1.29, 1.82) is 0 Å². The van der Waals surface area contributed by atoms with Crippen molar-refractivity contribution < 1.29 is 4.39 Å². The predicted molar refractivity (Wildman–Crippen MR) is 76.7 cm³/mol. The van der Waals surface area contributed by atoms with E-state index in [0.717, 1.165) is 37.9 Å². The van der Waals surface area contributed by atoms with Crippen LogP contribution in [0, 0.1) is 11.2 Å². The van der Waals surface area contributed by atoms with Gasteiger partial charge in [0.25, 0.3) is 0 Å². The van der Waals surface area contributed by atoms with E-state index < -0.39 is 0 Å². The summed E-state index contributed by atoms with van der Waals surface area (Å²) in [5.41, 5.74) is 1.21. The second-order valence-corrected chi connectivity index (χ2v) is 5.66. The van der Waals surface area contributed by atoms with Gasteiger partial charge in [0.15, 0.2) is 0 Å². The third kappa shape index (κ3) is 4.58. The van der Waals surface area contributed by atoms with Gasteiger partial charge in [0.05, 0.1) is 0 Å². The summed E-state index contributed by atoms with van der Waals surface area (Å²) in [5, 5.41) is 3.94. The Bertz CT molecular complexity index is 381. The van der Waals surface area contributed by atoms with Crippen molar-refractivity contribution in [1.82, 2.24) is 5.32 Å². The molecule has 0 radical (unpaired) electrons. The largest absolute Gasteiger partial charge is 0.316 e. The average molecular weight is 272 g/mol. The molecule has 1 N–H and O–H groups in total. The Kier molecular flexibility index (Phi) is 6.10. The fourth-order valence-corrected chi connectivity index (χ4v) is 2.63. The molecule has 3 heteroatoms. The highest BCUT2D eigenvalue weighted by Crippen LogP contribution is 2.30. The zero-order chi connectivity index (χ0) is 13.6. The molecule has 1 nitrogen and oxygen atoms in total. The van der Waals surface area contributed by atoms with Crippen LogP contribution in [0.2, 0.25) is 5.02 Å². The normalized spacial score (nSPS) is 14.5. The number of hydrogen-bond acceptors (Lipinski definition) is 1. The van der Waals surface area contributed by atoms with E-state index in [2.05, 4.69) is 26.1 Å². The lowest BCUT2D eigenvalue weighted by Gasteiger charge is -2.30. The van der Waals surface area contributed by atoms with E-state index in [1.807, 2.05) is 0 Å². The van der Waals surface area contributed by atoms with E-state index in [1.165, 1.54) is 12.1 Å². The van der Waals surface area contributed by atoms with E-state index in [0.29, 0.717) is 5.02 Å². The van der Waals surface area contributed by atoms with Gasteiger partial charge < -0.3 is 5.32 Å². The number of halogens is 2. The van der Waals surface area contributed by atoms with Gasteiger partial charge in [-0.15, -0.1) is 0 Å². The third-order valence-corrected chi connectivity index (χ3v) is 3.64. The van der Waals surface area contributed by atoms with Crippen LogP contribution in [0.3, 0.4) is 0 Å². The van der Waals surface area contributed by atoms with Crippen LogP contribution in [-0.2, 0) is 6.42 Å². The molecule has 0 aliphatic carbocycles. The highest BCUT2D eigenvalue weighted by atomic mass is 35.5. The first-order chi connectivity index (χ1) is 8.50. The van der Waals surface area contributed by atoms with Crippen LogP contribution in [0.5, 0.6) is 0 Å². The highest BCUT2D eigenvalue weighted by Gasteiger charge is 2.24. The maximum Gasteiger partial charge on any atom is 0.124 e. The predicted octanol–water partition coefficient (Wildman–Crippen LogP) is 4.44. The Hall–Kier alpha value is -0.600. The molecule has 1 unspecified atom stereocenters. The molecule has 1 atom stereocenters. The maximum absolute atomic E-state index is 13.0. The molecule has 18 heavy (non-hydrogen) atoms. The van der Waals surface area contributed by atoms with Crippen molar-refractivity contribution in [3.8, 4) is 0 Å². The van der Waals surface area contributed by atoms with Gasteiger partial charge in [-0.25, -0.2) is 4.39 Å². The lowest BCUT2D eigenvalue weighted by molar-refractivity contribution is 0.277. The van der Waals surface area contributed by atoms with E-state index in [-0.39, 0.29) is 11.2 Å². The van der Waals surface area contributed by atoms with Crippen LogP contribution in [0.1, 0.15) is 39.2 Å². The summed E-state index contributed by atoms with van der Waals surface area (Å²) < 4.78 is 13.0. The Morgan fingerprint density at radius 2 is 2.06 bits per heavy atom. The van der Waals surface area contributed by atoms with Crippen LogP contribution in [0.15, 0.2) is 18.2 Å². The molecule has 1 rings (SSSR count). The molecule has 0 aliphatic rings. The summed E-state index contributed by atoms with van der Waals surface area (Å²) in [6.45, 7) is 8.49. The molecular formula is C15H23ClFN. The van der Waals surface area contributed by atoms with E-state index in [4.69, 9.17) is 11.6 Å². The maximum atomic E-state index is 13.0. The summed E-state index contributed by atoms with van der Waals surface area (Å²) in [5.74, 6) is -0.271. The highest BCUT2D eigenvalue weighted by molar-refractivity contribution is 6.31. The Morgan fingerprint density at radius 1 is 1.33 bits per heavy atom. The van der Waals surface area contributed by atoms with Gasteiger partial charge in [0, 0.05) is 11.6 Å². The molecular weight excluding hydrogens is 249 g/mol. The molecule has 0 saturated carbocycles. The third-order valence-electron chi connectivity index (χ3n) is 3.29. The molecule has 1 aromatic rings. The van der Waals surface area contributed by atoms with Crippen molar-refractivity contribution in [2.24, 2.45) is 5.41 Å². The first-order valence-electron chi connectivity index (χ1n) is 6.65. The van der Waals surface area contributed by atoms with E-state index in [1.54, 1.807) is 6.07 Å². The second kappa shape index (κ2) is 7.10. The Labute approximate surface area is 115 Å². The van der Waals surface area contributed by atoms with E-state index >= 15 is 0 Å². The molecule has 0 heterocycles. The topological polar surface area (TPSA) is 12.0 Å². The first-order valence-corrected chi connectivity index (χ1v) is 7.03. The molecule has 102 valence electrons. The number of rotatable bonds is 7. The van der Waals surface area contributed by atoms with Crippen molar-refractivity contribution in [3.05, 3.63) is 34.6 Å². The van der Waals surface area contributed by atoms with Crippen LogP contribution >= 0.6 is 11.6 Å². The molecule has 1 aromatic carbocycles. The minimum Gasteiger partial charge on any atom is -0.316 e. The zero-order valence-electron chi connectivity index (χ0n) is 11.5. The molecule has 0 saturated heterocycles. The van der Waals surface area contributed by atoms with Crippen LogP contribution in [-0.4, -0.2) is 13.1 Å².